The first-order valence-electron chi connectivity index (χ1n) is 4.38. The fraction of sp³-hybridized carbons (Fsp3) is 0.182. The van der Waals surface area contributed by atoms with Crippen molar-refractivity contribution in [2.24, 2.45) is 0 Å². The molecule has 0 aromatic heterocycles. The number of aryl methyl sites for hydroxylation is 1. The van der Waals surface area contributed by atoms with Crippen molar-refractivity contribution in [3.8, 4) is 0 Å². The van der Waals surface area contributed by atoms with Gasteiger partial charge in [0, 0.05) is 29.6 Å². The molecule has 0 fully saturated rings. The Labute approximate surface area is 118 Å². The summed E-state index contributed by atoms with van der Waals surface area (Å²) >= 11 is 0. The second-order valence-corrected chi connectivity index (χ2v) is 3.19. The maximum Gasteiger partial charge on any atom is 0.454 e. The number of hydrogen-bond acceptors (Lipinski definition) is 2. The average molecular weight is 252 g/mol. The fourth-order valence-corrected chi connectivity index (χ4v) is 1.13. The summed E-state index contributed by atoms with van der Waals surface area (Å²) < 4.78 is 35.7. The molecular formula is C11H8F3NaO2-. The molecule has 87 valence electrons. The predicted molar refractivity (Wildman–Crippen MR) is 56.0 cm³/mol. The van der Waals surface area contributed by atoms with Gasteiger partial charge in [0.15, 0.2) is 0 Å². The molecular weight excluding hydrogens is 244 g/mol. The van der Waals surface area contributed by atoms with Crippen molar-refractivity contribution < 1.29 is 23.1 Å². The quantitative estimate of drug-likeness (QED) is 0.454. The Morgan fingerprint density at radius 2 is 1.82 bits per heavy atom. The van der Waals surface area contributed by atoms with Gasteiger partial charge >= 0.3 is 6.18 Å². The van der Waals surface area contributed by atoms with E-state index in [0.717, 1.165) is 0 Å². The van der Waals surface area contributed by atoms with Crippen molar-refractivity contribution in [1.82, 2.24) is 0 Å². The first-order valence-corrected chi connectivity index (χ1v) is 4.38. The maximum atomic E-state index is 11.9. The molecule has 1 aromatic carbocycles. The van der Waals surface area contributed by atoms with Gasteiger partial charge < -0.3 is 5.11 Å². The van der Waals surface area contributed by atoms with Gasteiger partial charge in [0.05, 0.1) is 0 Å². The molecule has 2 nitrogen and oxygen atoms in total. The summed E-state index contributed by atoms with van der Waals surface area (Å²) in [7, 11) is 0. The molecule has 0 saturated heterocycles. The van der Waals surface area contributed by atoms with E-state index >= 15 is 0 Å². The molecule has 0 bridgehead atoms. The van der Waals surface area contributed by atoms with Crippen LogP contribution in [0.25, 0.3) is 5.76 Å². The van der Waals surface area contributed by atoms with Crippen LogP contribution in [0.2, 0.25) is 0 Å². The SMILES string of the molecule is Cc1ccccc1/C([O-])=C/C(=O)C(F)(F)F.[Na]. The fourth-order valence-electron chi connectivity index (χ4n) is 1.13. The third-order valence-electron chi connectivity index (χ3n) is 1.95. The van der Waals surface area contributed by atoms with E-state index in [0.29, 0.717) is 5.56 Å². The monoisotopic (exact) mass is 252 g/mol. The Morgan fingerprint density at radius 1 is 1.29 bits per heavy atom. The molecule has 0 aliphatic carbocycles. The van der Waals surface area contributed by atoms with E-state index in [2.05, 4.69) is 0 Å². The topological polar surface area (TPSA) is 40.1 Å². The van der Waals surface area contributed by atoms with Crippen LogP contribution >= 0.6 is 0 Å². The van der Waals surface area contributed by atoms with Gasteiger partial charge in [0.1, 0.15) is 0 Å². The number of halogens is 3. The smallest absolute Gasteiger partial charge is 0.454 e. The summed E-state index contributed by atoms with van der Waals surface area (Å²) in [6.45, 7) is 1.58. The van der Waals surface area contributed by atoms with E-state index in [4.69, 9.17) is 0 Å². The minimum absolute atomic E-state index is 0. The third-order valence-corrected chi connectivity index (χ3v) is 1.95. The van der Waals surface area contributed by atoms with E-state index in [1.165, 1.54) is 12.1 Å². The Bertz CT molecular complexity index is 439. The molecule has 6 heteroatoms. The zero-order valence-electron chi connectivity index (χ0n) is 9.34. The molecule has 0 atom stereocenters. The molecule has 0 unspecified atom stereocenters. The van der Waals surface area contributed by atoms with Gasteiger partial charge in [-0.25, -0.2) is 0 Å². The molecule has 0 spiro atoms. The zero-order valence-corrected chi connectivity index (χ0v) is 11.3. The summed E-state index contributed by atoms with van der Waals surface area (Å²) in [6.07, 6.45) is -4.93. The predicted octanol–water partition coefficient (Wildman–Crippen LogP) is 1.45. The summed E-state index contributed by atoms with van der Waals surface area (Å²) in [4.78, 5) is 10.6. The van der Waals surface area contributed by atoms with Crippen molar-refractivity contribution in [3.05, 3.63) is 41.5 Å². The number of alkyl halides is 3. The van der Waals surface area contributed by atoms with Gasteiger partial charge in [-0.1, -0.05) is 30.0 Å². The first kappa shape index (κ1) is 16.2. The summed E-state index contributed by atoms with van der Waals surface area (Å²) in [6, 6.07) is 6.13. The molecule has 0 aliphatic heterocycles. The first-order chi connectivity index (χ1) is 7.32. The molecule has 17 heavy (non-hydrogen) atoms. The van der Waals surface area contributed by atoms with Crippen LogP contribution in [0.3, 0.4) is 0 Å². The van der Waals surface area contributed by atoms with Crippen LogP contribution in [-0.4, -0.2) is 41.5 Å². The van der Waals surface area contributed by atoms with Crippen molar-refractivity contribution >= 4 is 41.1 Å². The molecule has 0 N–H and O–H groups in total. The Balaban J connectivity index is 0.00000256. The van der Waals surface area contributed by atoms with Crippen LogP contribution in [0, 0.1) is 6.92 Å². The van der Waals surface area contributed by atoms with E-state index in [9.17, 15) is 23.1 Å². The number of carbonyl (C=O) groups excluding carboxylic acids is 1. The number of rotatable bonds is 2. The molecule has 0 saturated carbocycles. The largest absolute Gasteiger partial charge is 0.872 e. The summed E-state index contributed by atoms with van der Waals surface area (Å²) in [5.41, 5.74) is 0.624. The van der Waals surface area contributed by atoms with Crippen LogP contribution in [0.4, 0.5) is 13.2 Å². The van der Waals surface area contributed by atoms with Gasteiger partial charge in [-0.05, 0) is 24.1 Å². The van der Waals surface area contributed by atoms with Gasteiger partial charge in [0.2, 0.25) is 0 Å². The van der Waals surface area contributed by atoms with Crippen molar-refractivity contribution in [3.63, 3.8) is 0 Å². The van der Waals surface area contributed by atoms with Crippen LogP contribution in [0.1, 0.15) is 11.1 Å². The van der Waals surface area contributed by atoms with Gasteiger partial charge in [-0.3, -0.25) is 4.79 Å². The van der Waals surface area contributed by atoms with E-state index in [1.54, 1.807) is 19.1 Å². The van der Waals surface area contributed by atoms with Crippen molar-refractivity contribution in [2.45, 2.75) is 13.1 Å². The van der Waals surface area contributed by atoms with Gasteiger partial charge in [-0.15, -0.1) is 0 Å². The number of carbonyl (C=O) groups is 1. The zero-order chi connectivity index (χ0) is 12.3. The third kappa shape index (κ3) is 4.53. The summed E-state index contributed by atoms with van der Waals surface area (Å²) in [5, 5.41) is 11.3. The standard InChI is InChI=1S/C11H9F3O2.Na/c1-7-4-2-3-5-8(7)9(15)6-10(16)11(12,13)14;/h2-6,15H,1H3;/p-1/b9-6-;. The average Bonchev–Trinajstić information content (AvgIpc) is 2.16. The van der Waals surface area contributed by atoms with Crippen molar-refractivity contribution in [2.75, 3.05) is 0 Å². The molecule has 0 amide bonds. The summed E-state index contributed by atoms with van der Waals surface area (Å²) in [5.74, 6) is -3.07. The van der Waals surface area contributed by atoms with Gasteiger partial charge in [-0.2, -0.15) is 13.2 Å². The van der Waals surface area contributed by atoms with Crippen LogP contribution in [-0.2, 0) is 4.79 Å². The van der Waals surface area contributed by atoms with Crippen LogP contribution in [0.5, 0.6) is 0 Å². The number of hydrogen-bond donors (Lipinski definition) is 0. The Hall–Kier alpha value is -0.780. The molecule has 1 rings (SSSR count). The molecule has 0 heterocycles. The Kier molecular flexibility index (Phi) is 5.95. The second-order valence-electron chi connectivity index (χ2n) is 3.19. The molecule has 1 radical (unpaired) electrons. The Morgan fingerprint density at radius 3 is 2.29 bits per heavy atom. The number of ketones is 1. The van der Waals surface area contributed by atoms with E-state index < -0.39 is 17.7 Å². The minimum atomic E-state index is -5.00. The van der Waals surface area contributed by atoms with E-state index in [1.807, 2.05) is 0 Å². The van der Waals surface area contributed by atoms with Crippen LogP contribution in [0.15, 0.2) is 30.3 Å². The van der Waals surface area contributed by atoms with Crippen LogP contribution < -0.4 is 5.11 Å². The normalized spacial score (nSPS) is 11.9. The number of benzene rings is 1. The van der Waals surface area contributed by atoms with Crippen molar-refractivity contribution in [1.29, 1.82) is 0 Å². The molecule has 0 aliphatic rings. The minimum Gasteiger partial charge on any atom is -0.872 e. The number of allylic oxidation sites excluding steroid dienone is 1. The van der Waals surface area contributed by atoms with Gasteiger partial charge in [0.25, 0.3) is 5.78 Å². The van der Waals surface area contributed by atoms with E-state index in [-0.39, 0.29) is 41.2 Å². The maximum absolute atomic E-state index is 11.9. The molecule has 1 aromatic rings. The second kappa shape index (κ2) is 6.23.